The fourth-order valence-corrected chi connectivity index (χ4v) is 0.429. The normalized spacial score (nSPS) is 8.55. The Morgan fingerprint density at radius 2 is 2.36 bits per heavy atom. The van der Waals surface area contributed by atoms with Crippen LogP contribution in [0.4, 0.5) is 0 Å². The summed E-state index contributed by atoms with van der Waals surface area (Å²) in [6.07, 6.45) is 0.691. The van der Waals surface area contributed by atoms with Crippen molar-refractivity contribution >= 4 is 5.97 Å². The summed E-state index contributed by atoms with van der Waals surface area (Å²) in [4.78, 5) is 10.8. The topological polar surface area (TPSA) is 52.3 Å². The summed E-state index contributed by atoms with van der Waals surface area (Å²) in [7, 11) is 0. The zero-order chi connectivity index (χ0) is 8.69. The lowest BCUT2D eigenvalue weighted by molar-refractivity contribution is -0.138. The Bertz CT molecular complexity index is 181. The second-order valence-electron chi connectivity index (χ2n) is 2.08. The predicted molar refractivity (Wildman–Crippen MR) is 43.0 cm³/mol. The highest BCUT2D eigenvalue weighted by Gasteiger charge is 2.02. The van der Waals surface area contributed by atoms with Gasteiger partial charge in [0.1, 0.15) is 0 Å². The van der Waals surface area contributed by atoms with Crippen molar-refractivity contribution in [3.63, 3.8) is 0 Å². The Hall–Kier alpha value is -1.05. The van der Waals surface area contributed by atoms with Gasteiger partial charge < -0.3 is 10.5 Å². The van der Waals surface area contributed by atoms with Crippen molar-refractivity contribution in [2.24, 2.45) is 5.73 Å². The molecule has 11 heavy (non-hydrogen) atoms. The van der Waals surface area contributed by atoms with Crippen LogP contribution in [0, 0.1) is 0 Å². The number of esters is 1. The smallest absolute Gasteiger partial charge is 0.341 e. The van der Waals surface area contributed by atoms with Gasteiger partial charge in [0.25, 0.3) is 0 Å². The van der Waals surface area contributed by atoms with Crippen molar-refractivity contribution in [2.75, 3.05) is 13.2 Å². The van der Waals surface area contributed by atoms with Crippen LogP contribution in [0.15, 0.2) is 17.9 Å². The van der Waals surface area contributed by atoms with Crippen molar-refractivity contribution in [1.82, 2.24) is 0 Å². The first-order chi connectivity index (χ1) is 5.22. The number of carbonyl (C=O) groups is 1. The van der Waals surface area contributed by atoms with Crippen molar-refractivity contribution in [1.29, 1.82) is 0 Å². The molecule has 0 aromatic rings. The molecule has 0 aromatic carbocycles. The van der Waals surface area contributed by atoms with Gasteiger partial charge in [-0.05, 0) is 19.9 Å². The van der Waals surface area contributed by atoms with E-state index in [-0.39, 0.29) is 5.97 Å². The monoisotopic (exact) mass is 155 g/mol. The molecule has 0 heterocycles. The van der Waals surface area contributed by atoms with E-state index >= 15 is 0 Å². The zero-order valence-electron chi connectivity index (χ0n) is 6.72. The second-order valence-corrected chi connectivity index (χ2v) is 2.08. The molecule has 0 amide bonds. The Labute approximate surface area is 66.5 Å². The van der Waals surface area contributed by atoms with Gasteiger partial charge in [-0.2, -0.15) is 0 Å². The first-order valence-corrected chi connectivity index (χ1v) is 3.46. The molecule has 0 aliphatic carbocycles. The first kappa shape index (κ1) is 9.95. The molecule has 0 unspecified atom stereocenters. The van der Waals surface area contributed by atoms with Crippen LogP contribution in [0.3, 0.4) is 0 Å². The maximum absolute atomic E-state index is 10.8. The third-order valence-corrected chi connectivity index (χ3v) is 1.15. The summed E-state index contributed by atoms with van der Waals surface area (Å²) >= 11 is 0. The van der Waals surface area contributed by atoms with E-state index in [4.69, 9.17) is 10.5 Å². The molecule has 0 aromatic heterocycles. The molecule has 62 valence electrons. The van der Waals surface area contributed by atoms with Crippen LogP contribution >= 0.6 is 0 Å². The van der Waals surface area contributed by atoms with Gasteiger partial charge >= 0.3 is 5.97 Å². The standard InChI is InChI=1S/C8H13NO2/c1-3-7(2)8(10)11-6-4-5-9/h1,4-6,9H2,2H3. The molecule has 0 saturated carbocycles. The van der Waals surface area contributed by atoms with E-state index in [1.54, 1.807) is 6.92 Å². The quantitative estimate of drug-likeness (QED) is 0.280. The van der Waals surface area contributed by atoms with Gasteiger partial charge in [0.2, 0.25) is 0 Å². The first-order valence-electron chi connectivity index (χ1n) is 3.46. The van der Waals surface area contributed by atoms with Gasteiger partial charge in [0.15, 0.2) is 0 Å². The third kappa shape index (κ3) is 4.37. The average Bonchev–Trinajstić information content (AvgIpc) is 2.03. The number of hydrogen-bond donors (Lipinski definition) is 1. The molecule has 0 spiro atoms. The maximum Gasteiger partial charge on any atom is 0.341 e. The fraction of sp³-hybridized carbons (Fsp3) is 0.500. The number of rotatable bonds is 4. The SMILES string of the molecule is C=C=C(C)C(=O)OCCCN. The number of carbonyl (C=O) groups excluding carboxylic acids is 1. The third-order valence-electron chi connectivity index (χ3n) is 1.15. The molecule has 0 fully saturated rings. The van der Waals surface area contributed by atoms with Gasteiger partial charge in [-0.25, -0.2) is 4.79 Å². The van der Waals surface area contributed by atoms with Gasteiger partial charge in [0.05, 0.1) is 12.2 Å². The van der Waals surface area contributed by atoms with E-state index < -0.39 is 0 Å². The highest BCUT2D eigenvalue weighted by Crippen LogP contribution is 1.93. The van der Waals surface area contributed by atoms with Gasteiger partial charge in [0, 0.05) is 0 Å². The highest BCUT2D eigenvalue weighted by molar-refractivity contribution is 5.87. The molecule has 2 N–H and O–H groups in total. The lowest BCUT2D eigenvalue weighted by Crippen LogP contribution is -2.10. The molecule has 0 rings (SSSR count). The van der Waals surface area contributed by atoms with Crippen molar-refractivity contribution in [3.05, 3.63) is 17.9 Å². The van der Waals surface area contributed by atoms with E-state index in [1.807, 2.05) is 0 Å². The van der Waals surface area contributed by atoms with E-state index in [1.165, 1.54) is 0 Å². The summed E-state index contributed by atoms with van der Waals surface area (Å²) in [6, 6.07) is 0. The molecular formula is C8H13NO2. The lowest BCUT2D eigenvalue weighted by atomic mass is 10.3. The fourth-order valence-electron chi connectivity index (χ4n) is 0.429. The van der Waals surface area contributed by atoms with Crippen molar-refractivity contribution in [3.8, 4) is 0 Å². The Morgan fingerprint density at radius 3 is 2.82 bits per heavy atom. The summed E-state index contributed by atoms with van der Waals surface area (Å²) in [5.41, 5.74) is 8.05. The zero-order valence-corrected chi connectivity index (χ0v) is 6.72. The number of hydrogen-bond acceptors (Lipinski definition) is 3. The average molecular weight is 155 g/mol. The Kier molecular flexibility index (Phi) is 5.17. The molecule has 3 heteroatoms. The van der Waals surface area contributed by atoms with Crippen LogP contribution < -0.4 is 5.73 Å². The highest BCUT2D eigenvalue weighted by atomic mass is 16.5. The summed E-state index contributed by atoms with van der Waals surface area (Å²) < 4.78 is 4.78. The van der Waals surface area contributed by atoms with Crippen LogP contribution in [-0.2, 0) is 9.53 Å². The second kappa shape index (κ2) is 5.71. The minimum Gasteiger partial charge on any atom is -0.462 e. The van der Waals surface area contributed by atoms with E-state index in [9.17, 15) is 4.79 Å². The van der Waals surface area contributed by atoms with Crippen LogP contribution in [0.2, 0.25) is 0 Å². The van der Waals surface area contributed by atoms with Gasteiger partial charge in [-0.3, -0.25) is 0 Å². The Morgan fingerprint density at radius 1 is 1.73 bits per heavy atom. The molecule has 0 atom stereocenters. The Balaban J connectivity index is 3.62. The minimum atomic E-state index is -0.367. The van der Waals surface area contributed by atoms with Gasteiger partial charge in [-0.15, -0.1) is 5.73 Å². The molecular weight excluding hydrogens is 142 g/mol. The maximum atomic E-state index is 10.8. The predicted octanol–water partition coefficient (Wildman–Crippen LogP) is 0.610. The molecule has 0 aliphatic rings. The largest absolute Gasteiger partial charge is 0.462 e. The summed E-state index contributed by atoms with van der Waals surface area (Å²) in [5.74, 6) is -0.367. The molecule has 0 bridgehead atoms. The van der Waals surface area contributed by atoms with Crippen molar-refractivity contribution in [2.45, 2.75) is 13.3 Å². The molecule has 3 nitrogen and oxygen atoms in total. The number of ether oxygens (including phenoxy) is 1. The van der Waals surface area contributed by atoms with Crippen molar-refractivity contribution < 1.29 is 9.53 Å². The number of nitrogens with two attached hydrogens (primary N) is 1. The van der Waals surface area contributed by atoms with E-state index in [2.05, 4.69) is 12.3 Å². The minimum absolute atomic E-state index is 0.367. The summed E-state index contributed by atoms with van der Waals surface area (Å²) in [6.45, 7) is 5.83. The van der Waals surface area contributed by atoms with Crippen LogP contribution in [0.5, 0.6) is 0 Å². The van der Waals surface area contributed by atoms with Crippen LogP contribution in [0.1, 0.15) is 13.3 Å². The van der Waals surface area contributed by atoms with Crippen LogP contribution in [0.25, 0.3) is 0 Å². The molecule has 0 saturated heterocycles. The molecule has 0 aliphatic heterocycles. The van der Waals surface area contributed by atoms with Gasteiger partial charge in [-0.1, -0.05) is 6.58 Å². The van der Waals surface area contributed by atoms with E-state index in [0.717, 1.165) is 0 Å². The van der Waals surface area contributed by atoms with Crippen LogP contribution in [-0.4, -0.2) is 19.1 Å². The lowest BCUT2D eigenvalue weighted by Gasteiger charge is -2.00. The molecule has 0 radical (unpaired) electrons. The van der Waals surface area contributed by atoms with E-state index in [0.29, 0.717) is 25.1 Å². The summed E-state index contributed by atoms with van der Waals surface area (Å²) in [5, 5.41) is 0.